The van der Waals surface area contributed by atoms with Crippen LogP contribution in [0.2, 0.25) is 0 Å². The second kappa shape index (κ2) is 7.26. The predicted octanol–water partition coefficient (Wildman–Crippen LogP) is 0.241. The van der Waals surface area contributed by atoms with Gasteiger partial charge in [-0.15, -0.1) is 0 Å². The molecule has 4 nitrogen and oxygen atoms in total. The van der Waals surface area contributed by atoms with Crippen molar-refractivity contribution in [3.05, 3.63) is 0 Å². The number of phosphoric ester groups is 1. The molecular formula is C3H6Br2MgO4P+. The molecule has 0 aliphatic rings. The van der Waals surface area contributed by atoms with Crippen LogP contribution in [0.1, 0.15) is 0 Å². The van der Waals surface area contributed by atoms with E-state index in [9.17, 15) is 9.46 Å². The molecule has 0 saturated heterocycles. The molecule has 0 fully saturated rings. The molecule has 2 unspecified atom stereocenters. The normalized spacial score (nSPS) is 18.2. The first-order valence-corrected chi connectivity index (χ1v) is 5.87. The molecule has 0 aliphatic carbocycles. The molecular weight excluding hydrogens is 315 g/mol. The Morgan fingerprint density at radius 2 is 2.18 bits per heavy atom. The maximum Gasteiger partial charge on any atom is 2.00 e. The van der Waals surface area contributed by atoms with Crippen molar-refractivity contribution < 1.29 is 18.9 Å². The summed E-state index contributed by atoms with van der Waals surface area (Å²) in [5.41, 5.74) is 0. The predicted molar refractivity (Wildman–Crippen MR) is 48.0 cm³/mol. The minimum atomic E-state index is -4.53. The molecule has 0 radical (unpaired) electrons. The zero-order valence-electron chi connectivity index (χ0n) is 5.57. The van der Waals surface area contributed by atoms with E-state index < -0.39 is 7.82 Å². The van der Waals surface area contributed by atoms with E-state index in [1.165, 1.54) is 0 Å². The summed E-state index contributed by atoms with van der Waals surface area (Å²) < 4.78 is 14.0. The van der Waals surface area contributed by atoms with Crippen LogP contribution in [0.3, 0.4) is 0 Å². The van der Waals surface area contributed by atoms with Gasteiger partial charge in [0.1, 0.15) is 0 Å². The molecule has 0 rings (SSSR count). The number of alkyl halides is 2. The molecule has 1 N–H and O–H groups in total. The third kappa shape index (κ3) is 11.8. The van der Waals surface area contributed by atoms with E-state index in [-0.39, 0.29) is 34.5 Å². The average Bonchev–Trinajstić information content (AvgIpc) is 1.81. The molecule has 0 aromatic heterocycles. The Morgan fingerprint density at radius 3 is 2.45 bits per heavy atom. The molecule has 0 amide bonds. The maximum absolute atomic E-state index is 9.98. The summed E-state index contributed by atoms with van der Waals surface area (Å²) >= 11 is 6.17. The molecule has 62 valence electrons. The van der Waals surface area contributed by atoms with Crippen molar-refractivity contribution in [1.82, 2.24) is 0 Å². The molecule has 2 atom stereocenters. The van der Waals surface area contributed by atoms with E-state index in [0.717, 1.165) is 0 Å². The van der Waals surface area contributed by atoms with Crippen LogP contribution >= 0.6 is 39.7 Å². The molecule has 8 heteroatoms. The van der Waals surface area contributed by atoms with Crippen LogP contribution < -0.4 is 4.89 Å². The molecule has 11 heavy (non-hydrogen) atoms. The Hall–Kier alpha value is 1.84. The maximum atomic E-state index is 9.98. The third-order valence-electron chi connectivity index (χ3n) is 0.586. The zero-order chi connectivity index (χ0) is 8.20. The largest absolute Gasteiger partial charge is 2.00 e. The summed E-state index contributed by atoms with van der Waals surface area (Å²) in [6.07, 6.45) is 0. The van der Waals surface area contributed by atoms with E-state index >= 15 is 0 Å². The summed E-state index contributed by atoms with van der Waals surface area (Å²) in [4.78, 5) is 18.0. The first kappa shape index (κ1) is 15.3. The summed E-state index contributed by atoms with van der Waals surface area (Å²) in [7, 11) is -4.53. The van der Waals surface area contributed by atoms with Gasteiger partial charge in [-0.05, 0) is 0 Å². The van der Waals surface area contributed by atoms with Crippen molar-refractivity contribution in [3.63, 3.8) is 0 Å². The van der Waals surface area contributed by atoms with Crippen molar-refractivity contribution in [2.24, 2.45) is 0 Å². The SMILES string of the molecule is O=P([O-])(O)OCC(Br)CBr.[Mg+2]. The minimum absolute atomic E-state index is 0. The van der Waals surface area contributed by atoms with Gasteiger partial charge in [-0.25, -0.2) is 0 Å². The van der Waals surface area contributed by atoms with Crippen LogP contribution in [0, 0.1) is 0 Å². The fourth-order valence-electron chi connectivity index (χ4n) is 0.220. The molecule has 0 heterocycles. The summed E-state index contributed by atoms with van der Waals surface area (Å²) in [6, 6.07) is 0. The fraction of sp³-hybridized carbons (Fsp3) is 1.00. The van der Waals surface area contributed by atoms with Crippen molar-refractivity contribution in [2.45, 2.75) is 4.83 Å². The standard InChI is InChI=1S/C3H7Br2O4P.Mg/c4-1-3(5)2-9-10(6,7)8;/h3H,1-2H2,(H2,6,7,8);/q;+2/p-1. The Labute approximate surface area is 97.7 Å². The number of hydrogen-bond donors (Lipinski definition) is 1. The Bertz CT molecular complexity index is 139. The van der Waals surface area contributed by atoms with Crippen molar-refractivity contribution in [3.8, 4) is 0 Å². The molecule has 0 saturated carbocycles. The van der Waals surface area contributed by atoms with Gasteiger partial charge in [0.05, 0.1) is 6.61 Å². The van der Waals surface area contributed by atoms with E-state index in [0.29, 0.717) is 5.33 Å². The van der Waals surface area contributed by atoms with Crippen molar-refractivity contribution in [1.29, 1.82) is 0 Å². The Kier molecular flexibility index (Phi) is 10.1. The average molecular weight is 321 g/mol. The van der Waals surface area contributed by atoms with Gasteiger partial charge in [0.25, 0.3) is 7.82 Å². The van der Waals surface area contributed by atoms with Crippen LogP contribution in [0.25, 0.3) is 0 Å². The van der Waals surface area contributed by atoms with Gasteiger partial charge in [0, 0.05) is 10.2 Å². The van der Waals surface area contributed by atoms with Crippen LogP contribution in [0.15, 0.2) is 0 Å². The van der Waals surface area contributed by atoms with E-state index in [1.54, 1.807) is 0 Å². The van der Waals surface area contributed by atoms with Gasteiger partial charge in [-0.2, -0.15) is 0 Å². The Morgan fingerprint density at radius 1 is 1.73 bits per heavy atom. The summed E-state index contributed by atoms with van der Waals surface area (Å²) in [5.74, 6) is 0. The van der Waals surface area contributed by atoms with E-state index in [2.05, 4.69) is 36.4 Å². The van der Waals surface area contributed by atoms with Gasteiger partial charge in [0.2, 0.25) is 0 Å². The van der Waals surface area contributed by atoms with Crippen LogP contribution in [-0.2, 0) is 9.09 Å². The summed E-state index contributed by atoms with van der Waals surface area (Å²) in [5, 5.41) is 0.562. The molecule has 0 spiro atoms. The monoisotopic (exact) mass is 319 g/mol. The number of halogens is 2. The van der Waals surface area contributed by atoms with Crippen LogP contribution in [-0.4, -0.2) is 44.7 Å². The van der Waals surface area contributed by atoms with Crippen LogP contribution in [0.4, 0.5) is 0 Å². The smallest absolute Gasteiger partial charge is 0.756 e. The number of hydrogen-bond acceptors (Lipinski definition) is 3. The second-order valence-electron chi connectivity index (χ2n) is 1.52. The van der Waals surface area contributed by atoms with Gasteiger partial charge < -0.3 is 14.3 Å². The van der Waals surface area contributed by atoms with Gasteiger partial charge in [0.15, 0.2) is 0 Å². The van der Waals surface area contributed by atoms with Gasteiger partial charge >= 0.3 is 23.1 Å². The van der Waals surface area contributed by atoms with Crippen molar-refractivity contribution in [2.75, 3.05) is 11.9 Å². The van der Waals surface area contributed by atoms with E-state index in [1.807, 2.05) is 0 Å². The third-order valence-corrected chi connectivity index (χ3v) is 3.30. The molecule has 0 aromatic carbocycles. The Balaban J connectivity index is 0. The quantitative estimate of drug-likeness (QED) is 0.458. The molecule has 0 bridgehead atoms. The first-order chi connectivity index (χ1) is 4.45. The topological polar surface area (TPSA) is 69.6 Å². The number of phosphoric acid groups is 1. The molecule has 0 aliphatic heterocycles. The minimum Gasteiger partial charge on any atom is -0.756 e. The molecule has 0 aromatic rings. The van der Waals surface area contributed by atoms with Gasteiger partial charge in [-0.1, -0.05) is 31.9 Å². The zero-order valence-corrected chi connectivity index (χ0v) is 11.1. The first-order valence-electron chi connectivity index (χ1n) is 2.34. The van der Waals surface area contributed by atoms with Crippen molar-refractivity contribution >= 4 is 62.7 Å². The second-order valence-corrected chi connectivity index (χ2v) is 4.65. The summed E-state index contributed by atoms with van der Waals surface area (Å²) in [6.45, 7) is -0.0669. The van der Waals surface area contributed by atoms with Crippen LogP contribution in [0.5, 0.6) is 0 Å². The van der Waals surface area contributed by atoms with Gasteiger partial charge in [-0.3, -0.25) is 4.57 Å². The number of rotatable bonds is 4. The van der Waals surface area contributed by atoms with E-state index in [4.69, 9.17) is 4.89 Å². The fourth-order valence-corrected chi connectivity index (χ4v) is 1.11.